The summed E-state index contributed by atoms with van der Waals surface area (Å²) < 4.78 is 0. The molecule has 0 unspecified atom stereocenters. The SMILES string of the molecule is CN(CC(C)(C)C)C(=O)c1[nH]ccc1-c1ccc(Cl)cc1. The van der Waals surface area contributed by atoms with Crippen LogP contribution < -0.4 is 0 Å². The zero-order chi connectivity index (χ0) is 15.6. The van der Waals surface area contributed by atoms with Gasteiger partial charge in [0.1, 0.15) is 5.69 Å². The molecule has 2 rings (SSSR count). The number of nitrogens with zero attached hydrogens (tertiary/aromatic N) is 1. The molecule has 112 valence electrons. The number of rotatable bonds is 3. The summed E-state index contributed by atoms with van der Waals surface area (Å²) >= 11 is 5.92. The number of H-pyrrole nitrogens is 1. The quantitative estimate of drug-likeness (QED) is 0.893. The van der Waals surface area contributed by atoms with E-state index in [1.807, 2.05) is 37.4 Å². The molecule has 4 heteroatoms. The van der Waals surface area contributed by atoms with Gasteiger partial charge >= 0.3 is 0 Å². The van der Waals surface area contributed by atoms with E-state index < -0.39 is 0 Å². The summed E-state index contributed by atoms with van der Waals surface area (Å²) in [7, 11) is 1.83. The molecule has 0 saturated heterocycles. The maximum absolute atomic E-state index is 12.6. The molecule has 1 amide bonds. The highest BCUT2D eigenvalue weighted by molar-refractivity contribution is 6.30. The lowest BCUT2D eigenvalue weighted by molar-refractivity contribution is 0.0741. The van der Waals surface area contributed by atoms with E-state index in [0.717, 1.165) is 11.1 Å². The van der Waals surface area contributed by atoms with E-state index in [9.17, 15) is 4.79 Å². The van der Waals surface area contributed by atoms with Gasteiger partial charge < -0.3 is 9.88 Å². The van der Waals surface area contributed by atoms with Gasteiger partial charge in [-0.15, -0.1) is 0 Å². The summed E-state index contributed by atoms with van der Waals surface area (Å²) in [5.41, 5.74) is 2.56. The molecule has 1 heterocycles. The van der Waals surface area contributed by atoms with Crippen molar-refractivity contribution in [1.82, 2.24) is 9.88 Å². The van der Waals surface area contributed by atoms with E-state index in [1.165, 1.54) is 0 Å². The van der Waals surface area contributed by atoms with Gasteiger partial charge in [0.15, 0.2) is 0 Å². The average Bonchev–Trinajstić information content (AvgIpc) is 2.85. The number of hydrogen-bond donors (Lipinski definition) is 1. The first kappa shape index (κ1) is 15.6. The fourth-order valence-corrected chi connectivity index (χ4v) is 2.52. The van der Waals surface area contributed by atoms with Crippen molar-refractivity contribution in [2.75, 3.05) is 13.6 Å². The van der Waals surface area contributed by atoms with Crippen molar-refractivity contribution in [2.24, 2.45) is 5.41 Å². The number of nitrogens with one attached hydrogen (secondary N) is 1. The molecule has 0 saturated carbocycles. The predicted octanol–water partition coefficient (Wildman–Crippen LogP) is 4.45. The van der Waals surface area contributed by atoms with Gasteiger partial charge in [-0.2, -0.15) is 0 Å². The maximum Gasteiger partial charge on any atom is 0.270 e. The van der Waals surface area contributed by atoms with Crippen LogP contribution in [0.3, 0.4) is 0 Å². The first-order chi connectivity index (χ1) is 9.78. The second-order valence-electron chi connectivity index (χ2n) is 6.50. The van der Waals surface area contributed by atoms with Crippen LogP contribution in [0.5, 0.6) is 0 Å². The highest BCUT2D eigenvalue weighted by Crippen LogP contribution is 2.26. The molecule has 1 aromatic carbocycles. The minimum Gasteiger partial charge on any atom is -0.357 e. The second kappa shape index (κ2) is 5.94. The number of hydrogen-bond acceptors (Lipinski definition) is 1. The van der Waals surface area contributed by atoms with Crippen LogP contribution in [-0.2, 0) is 0 Å². The Hall–Kier alpha value is -1.74. The van der Waals surface area contributed by atoms with Crippen LogP contribution >= 0.6 is 11.6 Å². The van der Waals surface area contributed by atoms with Gasteiger partial charge in [0, 0.05) is 30.4 Å². The first-order valence-electron chi connectivity index (χ1n) is 6.97. The van der Waals surface area contributed by atoms with E-state index in [2.05, 4.69) is 25.8 Å². The number of amides is 1. The van der Waals surface area contributed by atoms with Gasteiger partial charge in [0.25, 0.3) is 5.91 Å². The average molecular weight is 305 g/mol. The third kappa shape index (κ3) is 3.88. The van der Waals surface area contributed by atoms with Crippen LogP contribution in [0.1, 0.15) is 31.3 Å². The third-order valence-electron chi connectivity index (χ3n) is 3.17. The van der Waals surface area contributed by atoms with Crippen molar-refractivity contribution in [3.63, 3.8) is 0 Å². The molecule has 0 aliphatic heterocycles. The molecule has 0 bridgehead atoms. The molecule has 0 atom stereocenters. The van der Waals surface area contributed by atoms with Crippen molar-refractivity contribution < 1.29 is 4.79 Å². The normalized spacial score (nSPS) is 11.5. The molecule has 3 nitrogen and oxygen atoms in total. The molecule has 0 spiro atoms. The van der Waals surface area contributed by atoms with Crippen molar-refractivity contribution in [3.05, 3.63) is 47.2 Å². The molecule has 1 aromatic heterocycles. The number of halogens is 1. The van der Waals surface area contributed by atoms with E-state index in [4.69, 9.17) is 11.6 Å². The topological polar surface area (TPSA) is 36.1 Å². The molecule has 0 aliphatic carbocycles. The van der Waals surface area contributed by atoms with Crippen molar-refractivity contribution in [3.8, 4) is 11.1 Å². The van der Waals surface area contributed by atoms with Crippen molar-refractivity contribution in [1.29, 1.82) is 0 Å². The predicted molar refractivity (Wildman–Crippen MR) is 87.7 cm³/mol. The minimum absolute atomic E-state index is 0.000116. The van der Waals surface area contributed by atoms with Crippen LogP contribution in [0, 0.1) is 5.41 Å². The number of aromatic nitrogens is 1. The fraction of sp³-hybridized carbons (Fsp3) is 0.353. The Labute approximate surface area is 130 Å². The summed E-state index contributed by atoms with van der Waals surface area (Å²) in [6.45, 7) is 7.05. The van der Waals surface area contributed by atoms with Crippen LogP contribution in [0.2, 0.25) is 5.02 Å². The number of carbonyl (C=O) groups is 1. The van der Waals surface area contributed by atoms with E-state index >= 15 is 0 Å². The zero-order valence-corrected chi connectivity index (χ0v) is 13.7. The van der Waals surface area contributed by atoms with Crippen LogP contribution in [0.15, 0.2) is 36.5 Å². The maximum atomic E-state index is 12.6. The highest BCUT2D eigenvalue weighted by Gasteiger charge is 2.22. The van der Waals surface area contributed by atoms with Gasteiger partial charge in [-0.05, 0) is 29.2 Å². The lowest BCUT2D eigenvalue weighted by Crippen LogP contribution is -2.34. The van der Waals surface area contributed by atoms with Gasteiger partial charge in [-0.25, -0.2) is 0 Å². The smallest absolute Gasteiger partial charge is 0.270 e. The van der Waals surface area contributed by atoms with E-state index in [1.54, 1.807) is 11.1 Å². The van der Waals surface area contributed by atoms with E-state index in [0.29, 0.717) is 17.3 Å². The summed E-state index contributed by atoms with van der Waals surface area (Å²) in [6.07, 6.45) is 1.79. The van der Waals surface area contributed by atoms with Gasteiger partial charge in [-0.3, -0.25) is 4.79 Å². The Morgan fingerprint density at radius 3 is 2.38 bits per heavy atom. The molecule has 0 fully saturated rings. The highest BCUT2D eigenvalue weighted by atomic mass is 35.5. The first-order valence-corrected chi connectivity index (χ1v) is 7.34. The Morgan fingerprint density at radius 1 is 1.19 bits per heavy atom. The molecule has 0 radical (unpaired) electrons. The van der Waals surface area contributed by atoms with Crippen LogP contribution in [-0.4, -0.2) is 29.4 Å². The second-order valence-corrected chi connectivity index (χ2v) is 6.93. The zero-order valence-electron chi connectivity index (χ0n) is 12.9. The summed E-state index contributed by atoms with van der Waals surface area (Å²) in [5, 5.41) is 0.687. The summed E-state index contributed by atoms with van der Waals surface area (Å²) in [6, 6.07) is 9.42. The minimum atomic E-state index is -0.000116. The standard InChI is InChI=1S/C17H21ClN2O/c1-17(2,3)11-20(4)16(21)15-14(9-10-19-15)12-5-7-13(18)8-6-12/h5-10,19H,11H2,1-4H3. The largest absolute Gasteiger partial charge is 0.357 e. The Morgan fingerprint density at radius 2 is 1.81 bits per heavy atom. The van der Waals surface area contributed by atoms with Crippen LogP contribution in [0.25, 0.3) is 11.1 Å². The summed E-state index contributed by atoms with van der Waals surface area (Å²) in [5.74, 6) is -0.000116. The molecule has 2 aromatic rings. The van der Waals surface area contributed by atoms with Gasteiger partial charge in [-0.1, -0.05) is 44.5 Å². The number of aromatic amines is 1. The number of benzene rings is 1. The lowest BCUT2D eigenvalue weighted by atomic mass is 9.96. The van der Waals surface area contributed by atoms with Gasteiger partial charge in [0.05, 0.1) is 0 Å². The summed E-state index contributed by atoms with van der Waals surface area (Å²) in [4.78, 5) is 17.4. The molecular formula is C17H21ClN2O. The third-order valence-corrected chi connectivity index (χ3v) is 3.43. The van der Waals surface area contributed by atoms with E-state index in [-0.39, 0.29) is 11.3 Å². The molecule has 1 N–H and O–H groups in total. The Balaban J connectivity index is 2.28. The Kier molecular flexibility index (Phi) is 4.43. The molecular weight excluding hydrogens is 284 g/mol. The molecule has 21 heavy (non-hydrogen) atoms. The van der Waals surface area contributed by atoms with Gasteiger partial charge in [0.2, 0.25) is 0 Å². The lowest BCUT2D eigenvalue weighted by Gasteiger charge is -2.26. The Bertz CT molecular complexity index is 623. The van der Waals surface area contributed by atoms with Crippen LogP contribution in [0.4, 0.5) is 0 Å². The monoisotopic (exact) mass is 304 g/mol. The molecule has 0 aliphatic rings. The fourth-order valence-electron chi connectivity index (χ4n) is 2.39. The number of carbonyl (C=O) groups excluding carboxylic acids is 1. The van der Waals surface area contributed by atoms with Crippen molar-refractivity contribution >= 4 is 17.5 Å². The van der Waals surface area contributed by atoms with Crippen molar-refractivity contribution in [2.45, 2.75) is 20.8 Å².